The molecule has 0 aromatic carbocycles. The monoisotopic (exact) mass is 362 g/mol. The van der Waals surface area contributed by atoms with Crippen molar-refractivity contribution in [3.05, 3.63) is 0 Å². The molecule has 0 atom stereocenters. The van der Waals surface area contributed by atoms with Crippen molar-refractivity contribution in [1.82, 2.24) is 0 Å². The average Bonchev–Trinajstić information content (AvgIpc) is 2.17. The molecule has 0 saturated carbocycles. The molecule has 0 fully saturated rings. The predicted molar refractivity (Wildman–Crippen MR) is 43.7 cm³/mol. The predicted octanol–water partition coefficient (Wildman–Crippen LogP) is 4.01. The average molecular weight is 362 g/mol. The van der Waals surface area contributed by atoms with Gasteiger partial charge < -0.3 is 9.47 Å². The normalized spacial score (nSPS) is 16.1. The Hall–Kier alpha value is -0.920. The molecule has 0 aliphatic carbocycles. The van der Waals surface area contributed by atoms with Crippen LogP contribution in [-0.4, -0.2) is 50.1 Å². The summed E-state index contributed by atoms with van der Waals surface area (Å²) in [5.74, 6) is 0. The minimum absolute atomic E-state index is 0.591. The highest BCUT2D eigenvalue weighted by molar-refractivity contribution is 5.18. The molecule has 0 bridgehead atoms. The Balaban J connectivity index is 7.16. The molecular formula is C8H6F12O2. The largest absolute Gasteiger partial charge is 0.430 e. The van der Waals surface area contributed by atoms with Crippen LogP contribution in [0.2, 0.25) is 0 Å². The van der Waals surface area contributed by atoms with E-state index in [4.69, 9.17) is 0 Å². The van der Waals surface area contributed by atoms with Crippen LogP contribution in [0.25, 0.3) is 0 Å². The standard InChI is InChI=1S/C8H6F12O2/c1-21-3(5(9,10)11,6(12,13)14)4(22-2,7(15,16)17)8(18,19)20/h1-2H3. The van der Waals surface area contributed by atoms with Gasteiger partial charge in [-0.2, -0.15) is 52.7 Å². The summed E-state index contributed by atoms with van der Waals surface area (Å²) in [7, 11) is -1.18. The molecule has 0 rings (SSSR count). The van der Waals surface area contributed by atoms with Crippen LogP contribution in [0.15, 0.2) is 0 Å². The van der Waals surface area contributed by atoms with E-state index >= 15 is 0 Å². The maximum atomic E-state index is 12.7. The Kier molecular flexibility index (Phi) is 5.09. The molecule has 0 amide bonds. The summed E-state index contributed by atoms with van der Waals surface area (Å²) in [5, 5.41) is 0. The molecule has 0 aromatic rings. The SMILES string of the molecule is COC(C(F)(F)F)(C(F)(F)F)C(OC)(C(F)(F)F)C(F)(F)F. The number of alkyl halides is 12. The number of rotatable bonds is 3. The third kappa shape index (κ3) is 2.49. The van der Waals surface area contributed by atoms with E-state index in [1.807, 2.05) is 0 Å². The highest BCUT2D eigenvalue weighted by Gasteiger charge is 2.95. The van der Waals surface area contributed by atoms with Gasteiger partial charge in [-0.3, -0.25) is 0 Å². The van der Waals surface area contributed by atoms with Gasteiger partial charge in [0, 0.05) is 14.2 Å². The summed E-state index contributed by atoms with van der Waals surface area (Å²) in [6, 6.07) is 0. The van der Waals surface area contributed by atoms with Gasteiger partial charge >= 0.3 is 35.9 Å². The Bertz CT molecular complexity index is 320. The van der Waals surface area contributed by atoms with Crippen LogP contribution >= 0.6 is 0 Å². The number of methoxy groups -OCH3 is 2. The van der Waals surface area contributed by atoms with Crippen molar-refractivity contribution >= 4 is 0 Å². The van der Waals surface area contributed by atoms with E-state index in [2.05, 4.69) is 9.47 Å². The fourth-order valence-electron chi connectivity index (χ4n) is 1.87. The lowest BCUT2D eigenvalue weighted by atomic mass is 9.79. The number of hydrogen-bond donors (Lipinski definition) is 0. The van der Waals surface area contributed by atoms with Gasteiger partial charge in [-0.25, -0.2) is 0 Å². The van der Waals surface area contributed by atoms with E-state index in [9.17, 15) is 52.7 Å². The molecule has 2 nitrogen and oxygen atoms in total. The van der Waals surface area contributed by atoms with Crippen molar-refractivity contribution in [2.45, 2.75) is 35.9 Å². The first-order chi connectivity index (χ1) is 9.37. The third-order valence-corrected chi connectivity index (χ3v) is 2.70. The van der Waals surface area contributed by atoms with Crippen LogP contribution in [0, 0.1) is 0 Å². The molecule has 0 aliphatic rings. The van der Waals surface area contributed by atoms with Gasteiger partial charge in [-0.1, -0.05) is 0 Å². The third-order valence-electron chi connectivity index (χ3n) is 2.70. The summed E-state index contributed by atoms with van der Waals surface area (Å²) >= 11 is 0. The minimum atomic E-state index is -7.17. The molecule has 14 heteroatoms. The summed E-state index contributed by atoms with van der Waals surface area (Å²) in [5.41, 5.74) is -13.4. The first kappa shape index (κ1) is 21.1. The second-order valence-electron chi connectivity index (χ2n) is 3.76. The Morgan fingerprint density at radius 3 is 0.591 bits per heavy atom. The van der Waals surface area contributed by atoms with Crippen LogP contribution in [0.4, 0.5) is 52.7 Å². The number of hydrogen-bond acceptors (Lipinski definition) is 2. The van der Waals surface area contributed by atoms with Crippen molar-refractivity contribution in [1.29, 1.82) is 0 Å². The Labute approximate surface area is 114 Å². The summed E-state index contributed by atoms with van der Waals surface area (Å²) < 4.78 is 158. The van der Waals surface area contributed by atoms with Gasteiger partial charge in [0.2, 0.25) is 0 Å². The molecule has 0 aliphatic heterocycles. The van der Waals surface area contributed by atoms with Crippen molar-refractivity contribution in [2.75, 3.05) is 14.2 Å². The summed E-state index contributed by atoms with van der Waals surface area (Å²) in [6.45, 7) is 0. The van der Waals surface area contributed by atoms with Gasteiger partial charge in [-0.05, 0) is 0 Å². The van der Waals surface area contributed by atoms with Crippen molar-refractivity contribution < 1.29 is 62.2 Å². The second kappa shape index (κ2) is 5.32. The first-order valence-electron chi connectivity index (χ1n) is 4.74. The van der Waals surface area contributed by atoms with E-state index in [1.54, 1.807) is 0 Å². The fraction of sp³-hybridized carbons (Fsp3) is 1.00. The molecular weight excluding hydrogens is 356 g/mol. The Morgan fingerprint density at radius 2 is 0.545 bits per heavy atom. The molecule has 0 radical (unpaired) electrons. The molecule has 0 N–H and O–H groups in total. The van der Waals surface area contributed by atoms with Crippen LogP contribution in [0.5, 0.6) is 0 Å². The maximum Gasteiger partial charge on any atom is 0.430 e. The Morgan fingerprint density at radius 1 is 0.409 bits per heavy atom. The second-order valence-corrected chi connectivity index (χ2v) is 3.76. The zero-order valence-corrected chi connectivity index (χ0v) is 10.4. The molecule has 22 heavy (non-hydrogen) atoms. The van der Waals surface area contributed by atoms with Crippen LogP contribution < -0.4 is 0 Å². The highest BCUT2D eigenvalue weighted by Crippen LogP contribution is 2.62. The van der Waals surface area contributed by atoms with Crippen molar-refractivity contribution in [2.24, 2.45) is 0 Å². The molecule has 0 aromatic heterocycles. The van der Waals surface area contributed by atoms with Crippen molar-refractivity contribution in [3.8, 4) is 0 Å². The van der Waals surface area contributed by atoms with Crippen LogP contribution in [-0.2, 0) is 9.47 Å². The van der Waals surface area contributed by atoms with Crippen LogP contribution in [0.3, 0.4) is 0 Å². The lowest BCUT2D eigenvalue weighted by Crippen LogP contribution is -2.81. The molecule has 0 heterocycles. The minimum Gasteiger partial charge on any atom is -0.359 e. The van der Waals surface area contributed by atoms with E-state index in [1.165, 1.54) is 0 Å². The van der Waals surface area contributed by atoms with E-state index in [0.29, 0.717) is 0 Å². The van der Waals surface area contributed by atoms with Gasteiger partial charge in [0.15, 0.2) is 0 Å². The summed E-state index contributed by atoms with van der Waals surface area (Å²) in [4.78, 5) is 0. The van der Waals surface area contributed by atoms with E-state index in [-0.39, 0.29) is 0 Å². The van der Waals surface area contributed by atoms with Gasteiger partial charge in [0.05, 0.1) is 0 Å². The number of halogens is 12. The first-order valence-corrected chi connectivity index (χ1v) is 4.74. The molecule has 0 saturated heterocycles. The quantitative estimate of drug-likeness (QED) is 0.707. The smallest absolute Gasteiger partial charge is 0.359 e. The topological polar surface area (TPSA) is 18.5 Å². The lowest BCUT2D eigenvalue weighted by molar-refractivity contribution is -0.503. The molecule has 0 spiro atoms. The zero-order valence-electron chi connectivity index (χ0n) is 10.4. The lowest BCUT2D eigenvalue weighted by Gasteiger charge is -2.49. The van der Waals surface area contributed by atoms with Gasteiger partial charge in [-0.15, -0.1) is 0 Å². The highest BCUT2D eigenvalue weighted by atomic mass is 19.4. The van der Waals surface area contributed by atoms with Crippen LogP contribution in [0.1, 0.15) is 0 Å². The fourth-order valence-corrected chi connectivity index (χ4v) is 1.87. The number of ether oxygens (including phenoxy) is 2. The zero-order chi connectivity index (χ0) is 18.4. The van der Waals surface area contributed by atoms with Crippen molar-refractivity contribution in [3.63, 3.8) is 0 Å². The maximum absolute atomic E-state index is 12.7. The molecule has 0 unspecified atom stereocenters. The van der Waals surface area contributed by atoms with Gasteiger partial charge in [0.25, 0.3) is 0 Å². The summed E-state index contributed by atoms with van der Waals surface area (Å²) in [6.07, 6.45) is -28.7. The van der Waals surface area contributed by atoms with E-state index < -0.39 is 50.1 Å². The van der Waals surface area contributed by atoms with Gasteiger partial charge in [0.1, 0.15) is 0 Å². The van der Waals surface area contributed by atoms with E-state index in [0.717, 1.165) is 0 Å². The molecule has 134 valence electrons.